The SMILES string of the molecule is CC(C)=N/C=C(\C)Oc1ccc(C=O)cc1. The molecule has 0 atom stereocenters. The summed E-state index contributed by atoms with van der Waals surface area (Å²) in [4.78, 5) is 14.6. The highest BCUT2D eigenvalue weighted by Gasteiger charge is 1.95. The topological polar surface area (TPSA) is 38.7 Å². The quantitative estimate of drug-likeness (QED) is 0.441. The van der Waals surface area contributed by atoms with Crippen molar-refractivity contribution in [2.45, 2.75) is 20.8 Å². The van der Waals surface area contributed by atoms with E-state index in [9.17, 15) is 4.79 Å². The van der Waals surface area contributed by atoms with Crippen LogP contribution in [0.4, 0.5) is 0 Å². The van der Waals surface area contributed by atoms with Gasteiger partial charge >= 0.3 is 0 Å². The molecule has 0 fully saturated rings. The molecule has 0 saturated heterocycles. The molecule has 1 aromatic carbocycles. The monoisotopic (exact) mass is 217 g/mol. The lowest BCUT2D eigenvalue weighted by Gasteiger charge is -2.04. The highest BCUT2D eigenvalue weighted by molar-refractivity contribution is 5.79. The van der Waals surface area contributed by atoms with Crippen LogP contribution in [0.5, 0.6) is 5.75 Å². The van der Waals surface area contributed by atoms with Crippen molar-refractivity contribution in [2.24, 2.45) is 4.99 Å². The molecule has 16 heavy (non-hydrogen) atoms. The van der Waals surface area contributed by atoms with Crippen LogP contribution in [-0.4, -0.2) is 12.0 Å². The molecule has 0 bridgehead atoms. The van der Waals surface area contributed by atoms with Gasteiger partial charge in [-0.2, -0.15) is 0 Å². The van der Waals surface area contributed by atoms with Crippen LogP contribution < -0.4 is 4.74 Å². The van der Waals surface area contributed by atoms with Gasteiger partial charge in [0.05, 0.1) is 6.20 Å². The van der Waals surface area contributed by atoms with Crippen molar-refractivity contribution < 1.29 is 9.53 Å². The van der Waals surface area contributed by atoms with Crippen LogP contribution in [-0.2, 0) is 0 Å². The van der Waals surface area contributed by atoms with Gasteiger partial charge in [0.1, 0.15) is 17.8 Å². The van der Waals surface area contributed by atoms with Crippen molar-refractivity contribution in [3.8, 4) is 5.75 Å². The molecule has 0 aliphatic heterocycles. The molecule has 3 nitrogen and oxygen atoms in total. The molecule has 0 N–H and O–H groups in total. The molecule has 3 heteroatoms. The number of benzene rings is 1. The minimum absolute atomic E-state index is 0.636. The van der Waals surface area contributed by atoms with Crippen molar-refractivity contribution in [2.75, 3.05) is 0 Å². The summed E-state index contributed by atoms with van der Waals surface area (Å²) >= 11 is 0. The minimum atomic E-state index is 0.636. The van der Waals surface area contributed by atoms with Gasteiger partial charge in [0, 0.05) is 11.3 Å². The standard InChI is InChI=1S/C13H15NO2/c1-10(2)14-8-11(3)16-13-6-4-12(9-15)5-7-13/h4-9H,1-3H3/b11-8+. The minimum Gasteiger partial charge on any atom is -0.460 e. The third-order valence-electron chi connectivity index (χ3n) is 1.80. The molecule has 0 amide bonds. The zero-order valence-electron chi connectivity index (χ0n) is 9.73. The summed E-state index contributed by atoms with van der Waals surface area (Å²) < 4.78 is 5.50. The van der Waals surface area contributed by atoms with Crippen molar-refractivity contribution in [3.63, 3.8) is 0 Å². The molecule has 84 valence electrons. The number of hydrogen-bond acceptors (Lipinski definition) is 3. The Balaban J connectivity index is 2.69. The van der Waals surface area contributed by atoms with Gasteiger partial charge in [-0.05, 0) is 45.0 Å². The van der Waals surface area contributed by atoms with Crippen molar-refractivity contribution in [1.82, 2.24) is 0 Å². The Hall–Kier alpha value is -1.90. The first-order chi connectivity index (χ1) is 7.61. The number of hydrogen-bond donors (Lipinski definition) is 0. The third-order valence-corrected chi connectivity index (χ3v) is 1.80. The number of aldehydes is 1. The number of ether oxygens (including phenoxy) is 1. The van der Waals surface area contributed by atoms with Gasteiger partial charge in [0.25, 0.3) is 0 Å². The Kier molecular flexibility index (Phi) is 4.45. The lowest BCUT2D eigenvalue weighted by Crippen LogP contribution is -1.91. The Labute approximate surface area is 95.5 Å². The lowest BCUT2D eigenvalue weighted by atomic mass is 10.2. The lowest BCUT2D eigenvalue weighted by molar-refractivity contribution is 0.112. The van der Waals surface area contributed by atoms with Crippen LogP contribution >= 0.6 is 0 Å². The predicted octanol–water partition coefficient (Wildman–Crippen LogP) is 3.22. The summed E-state index contributed by atoms with van der Waals surface area (Å²) in [6.07, 6.45) is 2.47. The molecule has 0 unspecified atom stereocenters. The highest BCUT2D eigenvalue weighted by Crippen LogP contribution is 2.14. The number of carbonyl (C=O) groups is 1. The Bertz CT molecular complexity index is 412. The van der Waals surface area contributed by atoms with E-state index in [0.29, 0.717) is 17.1 Å². The van der Waals surface area contributed by atoms with Gasteiger partial charge in [0.2, 0.25) is 0 Å². The fraction of sp³-hybridized carbons (Fsp3) is 0.231. The number of rotatable bonds is 4. The largest absolute Gasteiger partial charge is 0.460 e. The van der Waals surface area contributed by atoms with E-state index in [2.05, 4.69) is 4.99 Å². The van der Waals surface area contributed by atoms with E-state index in [-0.39, 0.29) is 0 Å². The second kappa shape index (κ2) is 5.85. The maximum Gasteiger partial charge on any atom is 0.150 e. The Morgan fingerprint density at radius 2 is 1.81 bits per heavy atom. The molecule has 1 rings (SSSR count). The molecule has 0 aliphatic rings. The van der Waals surface area contributed by atoms with Crippen LogP contribution in [0.3, 0.4) is 0 Å². The van der Waals surface area contributed by atoms with Gasteiger partial charge in [-0.3, -0.25) is 9.79 Å². The van der Waals surface area contributed by atoms with Gasteiger partial charge in [-0.1, -0.05) is 0 Å². The molecule has 0 aliphatic carbocycles. The number of aliphatic imine (C=N–C) groups is 1. The summed E-state index contributed by atoms with van der Waals surface area (Å²) in [5.74, 6) is 1.41. The molecule has 0 radical (unpaired) electrons. The maximum absolute atomic E-state index is 10.4. The zero-order valence-corrected chi connectivity index (χ0v) is 9.73. The Morgan fingerprint density at radius 1 is 1.19 bits per heavy atom. The zero-order chi connectivity index (χ0) is 12.0. The third kappa shape index (κ3) is 4.09. The smallest absolute Gasteiger partial charge is 0.150 e. The maximum atomic E-state index is 10.4. The van der Waals surface area contributed by atoms with Gasteiger partial charge in [0.15, 0.2) is 0 Å². The van der Waals surface area contributed by atoms with E-state index in [1.807, 2.05) is 20.8 Å². The van der Waals surface area contributed by atoms with E-state index in [1.54, 1.807) is 30.5 Å². The average Bonchev–Trinajstić information content (AvgIpc) is 2.27. The van der Waals surface area contributed by atoms with Crippen molar-refractivity contribution in [1.29, 1.82) is 0 Å². The fourth-order valence-corrected chi connectivity index (χ4v) is 1.05. The summed E-state index contributed by atoms with van der Waals surface area (Å²) in [6.45, 7) is 5.67. The first-order valence-electron chi connectivity index (χ1n) is 5.02. The summed E-state index contributed by atoms with van der Waals surface area (Å²) in [6, 6.07) is 6.93. The van der Waals surface area contributed by atoms with Crippen molar-refractivity contribution >= 4 is 12.0 Å². The summed E-state index contributed by atoms with van der Waals surface area (Å²) in [5, 5.41) is 0. The van der Waals surface area contributed by atoms with Crippen LogP contribution in [0.25, 0.3) is 0 Å². The molecule has 0 spiro atoms. The molecule has 0 saturated carbocycles. The van der Waals surface area contributed by atoms with E-state index >= 15 is 0 Å². The van der Waals surface area contributed by atoms with Crippen molar-refractivity contribution in [3.05, 3.63) is 41.8 Å². The second-order valence-corrected chi connectivity index (χ2v) is 3.61. The average molecular weight is 217 g/mol. The van der Waals surface area contributed by atoms with Crippen LogP contribution in [0.2, 0.25) is 0 Å². The number of allylic oxidation sites excluding steroid dienone is 1. The first kappa shape index (κ1) is 12.2. The molecular weight excluding hydrogens is 202 g/mol. The first-order valence-corrected chi connectivity index (χ1v) is 5.02. The molecule has 1 aromatic rings. The van der Waals surface area contributed by atoms with Crippen LogP contribution in [0.1, 0.15) is 31.1 Å². The predicted molar refractivity (Wildman–Crippen MR) is 65.0 cm³/mol. The summed E-state index contributed by atoms with van der Waals surface area (Å²) in [7, 11) is 0. The summed E-state index contributed by atoms with van der Waals surface area (Å²) in [5.41, 5.74) is 1.61. The second-order valence-electron chi connectivity index (χ2n) is 3.61. The fourth-order valence-electron chi connectivity index (χ4n) is 1.05. The van der Waals surface area contributed by atoms with Crippen LogP contribution in [0, 0.1) is 0 Å². The van der Waals surface area contributed by atoms with E-state index < -0.39 is 0 Å². The van der Waals surface area contributed by atoms with Gasteiger partial charge in [-0.25, -0.2) is 0 Å². The van der Waals surface area contributed by atoms with Gasteiger partial charge < -0.3 is 4.74 Å². The molecule has 0 aromatic heterocycles. The Morgan fingerprint density at radius 3 is 2.31 bits per heavy atom. The molecule has 0 heterocycles. The molecular formula is C13H15NO2. The van der Waals surface area contributed by atoms with Gasteiger partial charge in [-0.15, -0.1) is 0 Å². The highest BCUT2D eigenvalue weighted by atomic mass is 16.5. The van der Waals surface area contributed by atoms with E-state index in [1.165, 1.54) is 0 Å². The number of nitrogens with zero attached hydrogens (tertiary/aromatic N) is 1. The van der Waals surface area contributed by atoms with Crippen LogP contribution in [0.15, 0.2) is 41.2 Å². The van der Waals surface area contributed by atoms with E-state index in [4.69, 9.17) is 4.74 Å². The normalized spacial score (nSPS) is 10.8. The van der Waals surface area contributed by atoms with E-state index in [0.717, 1.165) is 12.0 Å². The number of carbonyl (C=O) groups excluding carboxylic acids is 1.